The van der Waals surface area contributed by atoms with Crippen LogP contribution in [0.2, 0.25) is 0 Å². The van der Waals surface area contributed by atoms with Crippen LogP contribution in [-0.4, -0.2) is 24.5 Å². The van der Waals surface area contributed by atoms with Gasteiger partial charge in [-0.1, -0.05) is 13.8 Å². The van der Waals surface area contributed by atoms with Gasteiger partial charge in [-0.3, -0.25) is 4.68 Å². The maximum absolute atomic E-state index is 4.33. The molecule has 6 heteroatoms. The number of hydrogen-bond acceptors (Lipinski definition) is 4. The first-order valence-electron chi connectivity index (χ1n) is 6.62. The van der Waals surface area contributed by atoms with Crippen molar-refractivity contribution >= 4 is 0 Å². The molecule has 104 valence electrons. The van der Waals surface area contributed by atoms with Gasteiger partial charge in [0.25, 0.3) is 0 Å². The molecule has 0 saturated carbocycles. The van der Waals surface area contributed by atoms with Gasteiger partial charge in [0.2, 0.25) is 0 Å². The van der Waals surface area contributed by atoms with E-state index in [1.54, 1.807) is 6.33 Å². The predicted octanol–water partition coefficient (Wildman–Crippen LogP) is 1.27. The smallest absolute Gasteiger partial charge is 0.140 e. The first-order chi connectivity index (χ1) is 9.06. The first kappa shape index (κ1) is 13.7. The summed E-state index contributed by atoms with van der Waals surface area (Å²) in [5.41, 5.74) is 2.29. The van der Waals surface area contributed by atoms with Gasteiger partial charge in [-0.05, 0) is 12.8 Å². The maximum atomic E-state index is 4.33. The molecular weight excluding hydrogens is 240 g/mol. The van der Waals surface area contributed by atoms with Gasteiger partial charge in [0.1, 0.15) is 12.2 Å². The second kappa shape index (κ2) is 5.97. The number of hydrogen-bond donors (Lipinski definition) is 1. The van der Waals surface area contributed by atoms with Gasteiger partial charge in [-0.25, -0.2) is 9.67 Å². The Morgan fingerprint density at radius 3 is 2.74 bits per heavy atom. The van der Waals surface area contributed by atoms with Crippen molar-refractivity contribution in [3.05, 3.63) is 29.6 Å². The van der Waals surface area contributed by atoms with Crippen molar-refractivity contribution in [3.63, 3.8) is 0 Å². The van der Waals surface area contributed by atoms with E-state index in [9.17, 15) is 0 Å². The Hall–Kier alpha value is -1.69. The number of rotatable bonds is 6. The Morgan fingerprint density at radius 2 is 2.11 bits per heavy atom. The lowest BCUT2D eigenvalue weighted by atomic mass is 10.2. The SMILES string of the molecule is Cc1nn(C)cc1CNCc1ncnn1CC(C)C. The topological polar surface area (TPSA) is 60.6 Å². The lowest BCUT2D eigenvalue weighted by Crippen LogP contribution is -2.18. The first-order valence-corrected chi connectivity index (χ1v) is 6.62. The van der Waals surface area contributed by atoms with Crippen LogP contribution in [0.1, 0.15) is 30.9 Å². The molecule has 0 radical (unpaired) electrons. The largest absolute Gasteiger partial charge is 0.306 e. The molecule has 0 fully saturated rings. The van der Waals surface area contributed by atoms with Gasteiger partial charge in [0, 0.05) is 31.9 Å². The van der Waals surface area contributed by atoms with E-state index < -0.39 is 0 Å². The molecule has 2 rings (SSSR count). The third-order valence-corrected chi connectivity index (χ3v) is 2.95. The van der Waals surface area contributed by atoms with Crippen LogP contribution >= 0.6 is 0 Å². The Bertz CT molecular complexity index is 525. The summed E-state index contributed by atoms with van der Waals surface area (Å²) < 4.78 is 3.81. The van der Waals surface area contributed by atoms with Crippen molar-refractivity contribution in [1.82, 2.24) is 29.9 Å². The number of nitrogens with one attached hydrogen (secondary N) is 1. The van der Waals surface area contributed by atoms with Gasteiger partial charge < -0.3 is 5.32 Å². The maximum Gasteiger partial charge on any atom is 0.140 e. The summed E-state index contributed by atoms with van der Waals surface area (Å²) in [4.78, 5) is 4.30. The molecule has 19 heavy (non-hydrogen) atoms. The highest BCUT2D eigenvalue weighted by molar-refractivity contribution is 5.14. The lowest BCUT2D eigenvalue weighted by Gasteiger charge is -2.09. The van der Waals surface area contributed by atoms with Crippen LogP contribution in [0, 0.1) is 12.8 Å². The summed E-state index contributed by atoms with van der Waals surface area (Å²) >= 11 is 0. The number of aromatic nitrogens is 5. The van der Waals surface area contributed by atoms with E-state index in [1.165, 1.54) is 5.56 Å². The average molecular weight is 262 g/mol. The molecule has 6 nitrogen and oxygen atoms in total. The Kier molecular flexibility index (Phi) is 4.31. The summed E-state index contributed by atoms with van der Waals surface area (Å²) in [6, 6.07) is 0. The molecule has 0 aliphatic carbocycles. The summed E-state index contributed by atoms with van der Waals surface area (Å²) in [6.45, 7) is 8.81. The van der Waals surface area contributed by atoms with E-state index in [1.807, 2.05) is 29.5 Å². The summed E-state index contributed by atoms with van der Waals surface area (Å²) in [5.74, 6) is 1.55. The van der Waals surface area contributed by atoms with Crippen molar-refractivity contribution in [2.24, 2.45) is 13.0 Å². The van der Waals surface area contributed by atoms with E-state index in [-0.39, 0.29) is 0 Å². The molecule has 0 spiro atoms. The third kappa shape index (κ3) is 3.64. The van der Waals surface area contributed by atoms with Gasteiger partial charge in [0.05, 0.1) is 12.2 Å². The molecule has 0 amide bonds. The van der Waals surface area contributed by atoms with Crippen LogP contribution in [-0.2, 0) is 26.7 Å². The monoisotopic (exact) mass is 262 g/mol. The average Bonchev–Trinajstić information content (AvgIpc) is 2.86. The summed E-state index contributed by atoms with van der Waals surface area (Å²) in [6.07, 6.45) is 3.66. The predicted molar refractivity (Wildman–Crippen MR) is 73.3 cm³/mol. The van der Waals surface area contributed by atoms with Gasteiger partial charge in [0.15, 0.2) is 0 Å². The molecule has 0 aliphatic rings. The Balaban J connectivity index is 1.89. The molecule has 0 saturated heterocycles. The summed E-state index contributed by atoms with van der Waals surface area (Å²) in [5, 5.41) is 12.0. The van der Waals surface area contributed by atoms with Crippen molar-refractivity contribution in [1.29, 1.82) is 0 Å². The molecule has 0 atom stereocenters. The van der Waals surface area contributed by atoms with Crippen molar-refractivity contribution < 1.29 is 0 Å². The second-order valence-corrected chi connectivity index (χ2v) is 5.27. The zero-order valence-electron chi connectivity index (χ0n) is 12.1. The molecule has 0 bridgehead atoms. The minimum Gasteiger partial charge on any atom is -0.306 e. The van der Waals surface area contributed by atoms with Crippen molar-refractivity contribution in [2.75, 3.05) is 0 Å². The van der Waals surface area contributed by atoms with Crippen molar-refractivity contribution in [2.45, 2.75) is 40.4 Å². The van der Waals surface area contributed by atoms with Crippen LogP contribution in [0.5, 0.6) is 0 Å². The molecule has 1 N–H and O–H groups in total. The zero-order chi connectivity index (χ0) is 13.8. The van der Waals surface area contributed by atoms with Gasteiger partial charge in [-0.2, -0.15) is 10.2 Å². The summed E-state index contributed by atoms with van der Waals surface area (Å²) in [7, 11) is 1.94. The third-order valence-electron chi connectivity index (χ3n) is 2.95. The van der Waals surface area contributed by atoms with E-state index >= 15 is 0 Å². The van der Waals surface area contributed by atoms with Crippen molar-refractivity contribution in [3.8, 4) is 0 Å². The van der Waals surface area contributed by atoms with E-state index in [0.717, 1.165) is 31.2 Å². The molecule has 2 aromatic rings. The molecule has 2 aromatic heterocycles. The quantitative estimate of drug-likeness (QED) is 0.851. The van der Waals surface area contributed by atoms with Crippen LogP contribution in [0.3, 0.4) is 0 Å². The molecule has 0 unspecified atom stereocenters. The Morgan fingerprint density at radius 1 is 1.32 bits per heavy atom. The van der Waals surface area contributed by atoms with Gasteiger partial charge >= 0.3 is 0 Å². The normalized spacial score (nSPS) is 11.4. The van der Waals surface area contributed by atoms with Crippen LogP contribution in [0.4, 0.5) is 0 Å². The second-order valence-electron chi connectivity index (χ2n) is 5.27. The number of nitrogens with zero attached hydrogens (tertiary/aromatic N) is 5. The van der Waals surface area contributed by atoms with Crippen LogP contribution in [0.15, 0.2) is 12.5 Å². The molecule has 0 aliphatic heterocycles. The van der Waals surface area contributed by atoms with Gasteiger partial charge in [-0.15, -0.1) is 0 Å². The zero-order valence-corrected chi connectivity index (χ0v) is 12.1. The van der Waals surface area contributed by atoms with Crippen LogP contribution in [0.25, 0.3) is 0 Å². The highest BCUT2D eigenvalue weighted by Gasteiger charge is 2.07. The fourth-order valence-electron chi connectivity index (χ4n) is 2.05. The van der Waals surface area contributed by atoms with Crippen LogP contribution < -0.4 is 5.32 Å². The van der Waals surface area contributed by atoms with E-state index in [0.29, 0.717) is 5.92 Å². The highest BCUT2D eigenvalue weighted by atomic mass is 15.3. The minimum atomic E-state index is 0.570. The Labute approximate surface area is 113 Å². The number of aryl methyl sites for hydroxylation is 2. The van der Waals surface area contributed by atoms with E-state index in [2.05, 4.69) is 34.3 Å². The molecule has 2 heterocycles. The fraction of sp³-hybridized carbons (Fsp3) is 0.615. The minimum absolute atomic E-state index is 0.570. The lowest BCUT2D eigenvalue weighted by molar-refractivity contribution is 0.457. The molecule has 0 aromatic carbocycles. The highest BCUT2D eigenvalue weighted by Crippen LogP contribution is 2.05. The molecular formula is C13H22N6. The standard InChI is InChI=1S/C13H22N6/c1-10(2)7-19-13(15-9-16-19)6-14-5-12-8-18(4)17-11(12)3/h8-10,14H,5-7H2,1-4H3. The fourth-order valence-corrected chi connectivity index (χ4v) is 2.05. The van der Waals surface area contributed by atoms with E-state index in [4.69, 9.17) is 0 Å².